The minimum absolute atomic E-state index is 0.152. The van der Waals surface area contributed by atoms with Crippen LogP contribution < -0.4 is 10.2 Å². The molecule has 18 heavy (non-hydrogen) atoms. The zero-order valence-corrected chi connectivity index (χ0v) is 12.5. The molecule has 1 aromatic heterocycles. The maximum absolute atomic E-state index is 5.38. The fraction of sp³-hybridized carbons (Fsp3) is 0.769. The molecule has 0 amide bonds. The lowest BCUT2D eigenvalue weighted by molar-refractivity contribution is 0.121. The number of nitrogens with one attached hydrogen (secondary N) is 1. The molecule has 5 heteroatoms. The molecule has 2 rings (SSSR count). The first kappa shape index (κ1) is 13.8. The van der Waals surface area contributed by atoms with Crippen LogP contribution in [0.5, 0.6) is 0 Å². The molecule has 0 spiro atoms. The Bertz CT molecular complexity index is 386. The first-order valence-corrected chi connectivity index (χ1v) is 7.27. The summed E-state index contributed by atoms with van der Waals surface area (Å²) >= 11 is 1.78. The van der Waals surface area contributed by atoms with Gasteiger partial charge in [-0.15, -0.1) is 11.3 Å². The average Bonchev–Trinajstić information content (AvgIpc) is 2.94. The summed E-state index contributed by atoms with van der Waals surface area (Å²) in [4.78, 5) is 8.13. The molecule has 1 aliphatic heterocycles. The van der Waals surface area contributed by atoms with Crippen LogP contribution in [0.2, 0.25) is 0 Å². The summed E-state index contributed by atoms with van der Waals surface area (Å²) in [5, 5.41) is 4.61. The lowest BCUT2D eigenvalue weighted by Crippen LogP contribution is -2.34. The molecule has 0 saturated carbocycles. The largest absolute Gasteiger partial charge is 0.380 e. The molecule has 1 atom stereocenters. The second-order valence-electron chi connectivity index (χ2n) is 5.81. The van der Waals surface area contributed by atoms with E-state index in [1.54, 1.807) is 18.4 Å². The number of hydrogen-bond acceptors (Lipinski definition) is 5. The predicted octanol–water partition coefficient (Wildman–Crippen LogP) is 2.26. The number of nitrogens with zero attached hydrogens (tertiary/aromatic N) is 2. The zero-order chi connectivity index (χ0) is 13.2. The molecular weight excluding hydrogens is 246 g/mol. The van der Waals surface area contributed by atoms with Gasteiger partial charge in [0.2, 0.25) is 0 Å². The maximum Gasteiger partial charge on any atom is 0.185 e. The fourth-order valence-corrected chi connectivity index (χ4v) is 2.86. The van der Waals surface area contributed by atoms with E-state index in [9.17, 15) is 0 Å². The van der Waals surface area contributed by atoms with E-state index < -0.39 is 0 Å². The highest BCUT2D eigenvalue weighted by atomic mass is 32.1. The topological polar surface area (TPSA) is 37.4 Å². The van der Waals surface area contributed by atoms with Crippen LogP contribution in [-0.2, 0) is 11.3 Å². The SMILES string of the molecule is COC1CCN(c2ncc(CNC(C)(C)C)s2)C1. The Balaban J connectivity index is 1.90. The summed E-state index contributed by atoms with van der Waals surface area (Å²) < 4.78 is 5.38. The highest BCUT2D eigenvalue weighted by Crippen LogP contribution is 2.26. The molecule has 0 bridgehead atoms. The molecule has 0 aliphatic carbocycles. The van der Waals surface area contributed by atoms with Crippen LogP contribution in [-0.4, -0.2) is 36.8 Å². The summed E-state index contributed by atoms with van der Waals surface area (Å²) in [6, 6.07) is 0. The van der Waals surface area contributed by atoms with Crippen molar-refractivity contribution in [1.82, 2.24) is 10.3 Å². The molecule has 1 N–H and O–H groups in total. The average molecular weight is 269 g/mol. The number of rotatable bonds is 4. The monoisotopic (exact) mass is 269 g/mol. The fourth-order valence-electron chi connectivity index (χ4n) is 1.97. The second kappa shape index (κ2) is 5.55. The smallest absolute Gasteiger partial charge is 0.185 e. The van der Waals surface area contributed by atoms with Crippen LogP contribution in [0.4, 0.5) is 5.13 Å². The minimum Gasteiger partial charge on any atom is -0.380 e. The Morgan fingerprint density at radius 1 is 1.56 bits per heavy atom. The Hall–Kier alpha value is -0.650. The molecule has 2 heterocycles. The predicted molar refractivity (Wildman–Crippen MR) is 76.3 cm³/mol. The molecular formula is C13H23N3OS. The summed E-state index contributed by atoms with van der Waals surface area (Å²) in [6.07, 6.45) is 3.45. The number of thiazole rings is 1. The number of methoxy groups -OCH3 is 1. The molecule has 0 aromatic carbocycles. The van der Waals surface area contributed by atoms with Gasteiger partial charge < -0.3 is 15.0 Å². The molecule has 1 aliphatic rings. The molecule has 0 radical (unpaired) electrons. The van der Waals surface area contributed by atoms with Gasteiger partial charge in [0, 0.05) is 43.4 Å². The summed E-state index contributed by atoms with van der Waals surface area (Å²) in [5.74, 6) is 0. The van der Waals surface area contributed by atoms with Crippen molar-refractivity contribution in [2.24, 2.45) is 0 Å². The van der Waals surface area contributed by atoms with Gasteiger partial charge in [-0.25, -0.2) is 4.98 Å². The Morgan fingerprint density at radius 2 is 2.33 bits per heavy atom. The number of aromatic nitrogens is 1. The van der Waals surface area contributed by atoms with Crippen LogP contribution in [0.3, 0.4) is 0 Å². The highest BCUT2D eigenvalue weighted by Gasteiger charge is 2.24. The van der Waals surface area contributed by atoms with Gasteiger partial charge in [0.25, 0.3) is 0 Å². The molecule has 102 valence electrons. The van der Waals surface area contributed by atoms with E-state index >= 15 is 0 Å². The molecule has 1 saturated heterocycles. The third-order valence-corrected chi connectivity index (χ3v) is 4.14. The van der Waals surface area contributed by atoms with Crippen LogP contribution in [0.15, 0.2) is 6.20 Å². The van der Waals surface area contributed by atoms with Crippen molar-refractivity contribution in [3.05, 3.63) is 11.1 Å². The Kier molecular flexibility index (Phi) is 4.25. The van der Waals surface area contributed by atoms with Gasteiger partial charge in [-0.1, -0.05) is 0 Å². The van der Waals surface area contributed by atoms with Crippen molar-refractivity contribution >= 4 is 16.5 Å². The summed E-state index contributed by atoms with van der Waals surface area (Å²) in [5.41, 5.74) is 0.152. The molecule has 1 fully saturated rings. The van der Waals surface area contributed by atoms with Crippen molar-refractivity contribution in [3.63, 3.8) is 0 Å². The quantitative estimate of drug-likeness (QED) is 0.910. The lowest BCUT2D eigenvalue weighted by atomic mass is 10.1. The third kappa shape index (κ3) is 3.67. The van der Waals surface area contributed by atoms with Crippen molar-refractivity contribution < 1.29 is 4.74 Å². The second-order valence-corrected chi connectivity index (χ2v) is 6.90. The maximum atomic E-state index is 5.38. The van der Waals surface area contributed by atoms with E-state index in [4.69, 9.17) is 4.74 Å². The number of hydrogen-bond donors (Lipinski definition) is 1. The standard InChI is InChI=1S/C13H23N3OS/c1-13(2,3)15-8-11-7-14-12(18-11)16-6-5-10(9-16)17-4/h7,10,15H,5-6,8-9H2,1-4H3. The van der Waals surface area contributed by atoms with Crippen LogP contribution in [0.25, 0.3) is 0 Å². The lowest BCUT2D eigenvalue weighted by Gasteiger charge is -2.19. The normalized spacial score (nSPS) is 20.7. The van der Waals surface area contributed by atoms with Gasteiger partial charge >= 0.3 is 0 Å². The summed E-state index contributed by atoms with van der Waals surface area (Å²) in [6.45, 7) is 9.45. The van der Waals surface area contributed by atoms with Gasteiger partial charge in [-0.05, 0) is 27.2 Å². The van der Waals surface area contributed by atoms with E-state index in [2.05, 4.69) is 36.0 Å². The molecule has 1 unspecified atom stereocenters. The van der Waals surface area contributed by atoms with E-state index in [0.29, 0.717) is 6.10 Å². The van der Waals surface area contributed by atoms with E-state index in [-0.39, 0.29) is 5.54 Å². The Morgan fingerprint density at radius 3 is 2.94 bits per heavy atom. The van der Waals surface area contributed by atoms with Crippen LogP contribution >= 0.6 is 11.3 Å². The molecule has 1 aromatic rings. The first-order chi connectivity index (χ1) is 8.48. The number of anilines is 1. The van der Waals surface area contributed by atoms with Crippen molar-refractivity contribution in [1.29, 1.82) is 0 Å². The Labute approximate surface area is 113 Å². The van der Waals surface area contributed by atoms with Gasteiger partial charge in [-0.3, -0.25) is 0 Å². The van der Waals surface area contributed by atoms with E-state index in [1.807, 2.05) is 6.20 Å². The van der Waals surface area contributed by atoms with Crippen molar-refractivity contribution in [2.45, 2.75) is 45.4 Å². The van der Waals surface area contributed by atoms with Crippen molar-refractivity contribution in [3.8, 4) is 0 Å². The van der Waals surface area contributed by atoms with E-state index in [0.717, 1.165) is 31.2 Å². The van der Waals surface area contributed by atoms with Gasteiger partial charge in [0.05, 0.1) is 6.10 Å². The first-order valence-electron chi connectivity index (χ1n) is 6.45. The van der Waals surface area contributed by atoms with Gasteiger partial charge in [0.15, 0.2) is 5.13 Å². The number of ether oxygens (including phenoxy) is 1. The minimum atomic E-state index is 0.152. The highest BCUT2D eigenvalue weighted by molar-refractivity contribution is 7.15. The summed E-state index contributed by atoms with van der Waals surface area (Å²) in [7, 11) is 1.79. The van der Waals surface area contributed by atoms with Gasteiger partial charge in [-0.2, -0.15) is 0 Å². The molecule has 4 nitrogen and oxygen atoms in total. The van der Waals surface area contributed by atoms with Gasteiger partial charge in [0.1, 0.15) is 0 Å². The third-order valence-electron chi connectivity index (χ3n) is 3.08. The van der Waals surface area contributed by atoms with Crippen molar-refractivity contribution in [2.75, 3.05) is 25.1 Å². The van der Waals surface area contributed by atoms with Crippen LogP contribution in [0.1, 0.15) is 32.1 Å². The van der Waals surface area contributed by atoms with E-state index in [1.165, 1.54) is 4.88 Å². The zero-order valence-electron chi connectivity index (χ0n) is 11.7. The van der Waals surface area contributed by atoms with Crippen LogP contribution in [0, 0.1) is 0 Å².